The van der Waals surface area contributed by atoms with Crippen molar-refractivity contribution >= 4 is 11.7 Å². The van der Waals surface area contributed by atoms with Crippen LogP contribution >= 0.6 is 0 Å². The zero-order chi connectivity index (χ0) is 12.7. The van der Waals surface area contributed by atoms with Gasteiger partial charge >= 0.3 is 0 Å². The standard InChI is InChI=1S/C12H12N4O2/c1-18-8-3-2-7-5-14-12-9(11(13)17)6-15-16(12)10(7)4-8/h2-4,6,14H,5H2,1H3,(H2,13,17). The maximum Gasteiger partial charge on any atom is 0.254 e. The average Bonchev–Trinajstić information content (AvgIpc) is 2.82. The van der Waals surface area contributed by atoms with E-state index in [4.69, 9.17) is 10.5 Å². The lowest BCUT2D eigenvalue weighted by molar-refractivity contribution is 0.100. The molecule has 1 aliphatic rings. The molecule has 0 saturated heterocycles. The lowest BCUT2D eigenvalue weighted by Crippen LogP contribution is -2.19. The van der Waals surface area contributed by atoms with E-state index in [1.54, 1.807) is 11.8 Å². The summed E-state index contributed by atoms with van der Waals surface area (Å²) in [4.78, 5) is 11.3. The molecule has 1 aromatic heterocycles. The summed E-state index contributed by atoms with van der Waals surface area (Å²) in [5.41, 5.74) is 7.68. The van der Waals surface area contributed by atoms with Gasteiger partial charge in [-0.1, -0.05) is 6.07 Å². The summed E-state index contributed by atoms with van der Waals surface area (Å²) in [6.07, 6.45) is 1.47. The number of benzene rings is 1. The highest BCUT2D eigenvalue weighted by molar-refractivity contribution is 5.98. The number of amides is 1. The maximum atomic E-state index is 11.3. The van der Waals surface area contributed by atoms with Gasteiger partial charge in [-0.15, -0.1) is 0 Å². The Balaban J connectivity index is 2.19. The predicted molar refractivity (Wildman–Crippen MR) is 66.0 cm³/mol. The number of primary amides is 1. The van der Waals surface area contributed by atoms with Crippen LogP contribution in [0.3, 0.4) is 0 Å². The molecule has 18 heavy (non-hydrogen) atoms. The van der Waals surface area contributed by atoms with Gasteiger partial charge in [0.2, 0.25) is 0 Å². The molecule has 0 unspecified atom stereocenters. The number of aromatic nitrogens is 2. The number of ether oxygens (including phenoxy) is 1. The Morgan fingerprint density at radius 2 is 2.39 bits per heavy atom. The summed E-state index contributed by atoms with van der Waals surface area (Å²) < 4.78 is 6.86. The number of nitrogens with one attached hydrogen (secondary N) is 1. The molecule has 3 rings (SSSR count). The van der Waals surface area contributed by atoms with Crippen LogP contribution in [0.15, 0.2) is 24.4 Å². The van der Waals surface area contributed by atoms with Gasteiger partial charge in [0, 0.05) is 12.6 Å². The number of carbonyl (C=O) groups is 1. The fourth-order valence-electron chi connectivity index (χ4n) is 2.08. The zero-order valence-electron chi connectivity index (χ0n) is 9.80. The van der Waals surface area contributed by atoms with E-state index in [1.165, 1.54) is 6.20 Å². The molecule has 0 aliphatic carbocycles. The molecule has 1 aliphatic heterocycles. The molecule has 92 valence electrons. The van der Waals surface area contributed by atoms with E-state index in [1.807, 2.05) is 18.2 Å². The normalized spacial score (nSPS) is 12.3. The molecule has 6 nitrogen and oxygen atoms in total. The quantitative estimate of drug-likeness (QED) is 0.822. The summed E-state index contributed by atoms with van der Waals surface area (Å²) in [6.45, 7) is 0.630. The van der Waals surface area contributed by atoms with Crippen LogP contribution in [-0.4, -0.2) is 22.8 Å². The Morgan fingerprint density at radius 1 is 1.56 bits per heavy atom. The highest BCUT2D eigenvalue weighted by atomic mass is 16.5. The van der Waals surface area contributed by atoms with Crippen molar-refractivity contribution in [3.63, 3.8) is 0 Å². The van der Waals surface area contributed by atoms with Crippen LogP contribution in [0.2, 0.25) is 0 Å². The highest BCUT2D eigenvalue weighted by Crippen LogP contribution is 2.30. The molecule has 0 radical (unpaired) electrons. The molecule has 0 fully saturated rings. The first-order valence-corrected chi connectivity index (χ1v) is 5.49. The number of anilines is 1. The molecule has 1 amide bonds. The van der Waals surface area contributed by atoms with Crippen molar-refractivity contribution in [2.75, 3.05) is 12.4 Å². The third-order valence-corrected chi connectivity index (χ3v) is 3.00. The van der Waals surface area contributed by atoms with E-state index >= 15 is 0 Å². The van der Waals surface area contributed by atoms with Crippen LogP contribution in [0.4, 0.5) is 5.82 Å². The van der Waals surface area contributed by atoms with E-state index in [0.717, 1.165) is 17.0 Å². The highest BCUT2D eigenvalue weighted by Gasteiger charge is 2.22. The topological polar surface area (TPSA) is 82.2 Å². The molecule has 1 aromatic carbocycles. The number of rotatable bonds is 2. The van der Waals surface area contributed by atoms with E-state index < -0.39 is 5.91 Å². The van der Waals surface area contributed by atoms with E-state index in [9.17, 15) is 4.79 Å². The van der Waals surface area contributed by atoms with E-state index in [-0.39, 0.29) is 0 Å². The van der Waals surface area contributed by atoms with Gasteiger partial charge in [-0.25, -0.2) is 4.68 Å². The van der Waals surface area contributed by atoms with Crippen LogP contribution in [0.25, 0.3) is 5.69 Å². The van der Waals surface area contributed by atoms with Crippen molar-refractivity contribution in [2.45, 2.75) is 6.54 Å². The third kappa shape index (κ3) is 1.42. The Hall–Kier alpha value is -2.50. The summed E-state index contributed by atoms with van der Waals surface area (Å²) in [5, 5.41) is 7.34. The van der Waals surface area contributed by atoms with Gasteiger partial charge in [0.1, 0.15) is 17.1 Å². The minimum absolute atomic E-state index is 0.392. The number of nitrogens with zero attached hydrogens (tertiary/aromatic N) is 2. The second kappa shape index (κ2) is 3.76. The van der Waals surface area contributed by atoms with Crippen LogP contribution < -0.4 is 15.8 Å². The third-order valence-electron chi connectivity index (χ3n) is 3.00. The number of methoxy groups -OCH3 is 1. The maximum absolute atomic E-state index is 11.3. The minimum atomic E-state index is -0.491. The molecule has 2 aromatic rings. The van der Waals surface area contributed by atoms with Gasteiger partial charge in [-0.2, -0.15) is 5.10 Å². The SMILES string of the molecule is COc1ccc2c(c1)-n1ncc(C(N)=O)c1NC2. The van der Waals surface area contributed by atoms with Crippen molar-refractivity contribution in [1.82, 2.24) is 9.78 Å². The second-order valence-electron chi connectivity index (χ2n) is 4.03. The molecule has 6 heteroatoms. The van der Waals surface area contributed by atoms with Crippen molar-refractivity contribution in [3.8, 4) is 11.4 Å². The molecule has 0 atom stereocenters. The predicted octanol–water partition coefficient (Wildman–Crippen LogP) is 0.905. The van der Waals surface area contributed by atoms with Crippen LogP contribution in [0, 0.1) is 0 Å². The van der Waals surface area contributed by atoms with Gasteiger partial charge in [0.05, 0.1) is 19.0 Å². The van der Waals surface area contributed by atoms with Gasteiger partial charge in [0.15, 0.2) is 0 Å². The van der Waals surface area contributed by atoms with Gasteiger partial charge < -0.3 is 15.8 Å². The number of nitrogens with two attached hydrogens (primary N) is 1. The lowest BCUT2D eigenvalue weighted by atomic mass is 10.1. The summed E-state index contributed by atoms with van der Waals surface area (Å²) in [7, 11) is 1.61. The fraction of sp³-hybridized carbons (Fsp3) is 0.167. The Bertz CT molecular complexity index is 633. The Labute approximate surface area is 103 Å². The van der Waals surface area contributed by atoms with Crippen molar-refractivity contribution < 1.29 is 9.53 Å². The van der Waals surface area contributed by atoms with E-state index in [0.29, 0.717) is 17.9 Å². The molecular formula is C12H12N4O2. The largest absolute Gasteiger partial charge is 0.497 e. The second-order valence-corrected chi connectivity index (χ2v) is 4.03. The molecule has 2 heterocycles. The van der Waals surface area contributed by atoms with Crippen molar-refractivity contribution in [1.29, 1.82) is 0 Å². The first kappa shape index (κ1) is 10.6. The first-order chi connectivity index (χ1) is 8.70. The van der Waals surface area contributed by atoms with Crippen molar-refractivity contribution in [3.05, 3.63) is 35.5 Å². The smallest absolute Gasteiger partial charge is 0.254 e. The molecule has 0 saturated carbocycles. The van der Waals surface area contributed by atoms with Crippen LogP contribution in [0.5, 0.6) is 5.75 Å². The molecule has 3 N–H and O–H groups in total. The number of carbonyl (C=O) groups excluding carboxylic acids is 1. The summed E-state index contributed by atoms with van der Waals surface area (Å²) in [5.74, 6) is 0.885. The minimum Gasteiger partial charge on any atom is -0.497 e. The monoisotopic (exact) mass is 244 g/mol. The van der Waals surface area contributed by atoms with Crippen molar-refractivity contribution in [2.24, 2.45) is 5.73 Å². The number of hydrogen-bond donors (Lipinski definition) is 2. The summed E-state index contributed by atoms with van der Waals surface area (Å²) in [6, 6.07) is 5.75. The lowest BCUT2D eigenvalue weighted by Gasteiger charge is -2.20. The average molecular weight is 244 g/mol. The molecule has 0 spiro atoms. The van der Waals surface area contributed by atoms with Crippen LogP contribution in [0.1, 0.15) is 15.9 Å². The molecule has 0 bridgehead atoms. The summed E-state index contributed by atoms with van der Waals surface area (Å²) >= 11 is 0. The Kier molecular flexibility index (Phi) is 2.22. The number of hydrogen-bond acceptors (Lipinski definition) is 4. The first-order valence-electron chi connectivity index (χ1n) is 5.49. The molecular weight excluding hydrogens is 232 g/mol. The fourth-order valence-corrected chi connectivity index (χ4v) is 2.08. The van der Waals surface area contributed by atoms with E-state index in [2.05, 4.69) is 10.4 Å². The van der Waals surface area contributed by atoms with Gasteiger partial charge in [-0.3, -0.25) is 4.79 Å². The van der Waals surface area contributed by atoms with Gasteiger partial charge in [0.25, 0.3) is 5.91 Å². The Morgan fingerprint density at radius 3 is 3.11 bits per heavy atom. The van der Waals surface area contributed by atoms with Crippen LogP contribution in [-0.2, 0) is 6.54 Å². The zero-order valence-corrected chi connectivity index (χ0v) is 9.80. The number of fused-ring (bicyclic) bond motifs is 3. The van der Waals surface area contributed by atoms with Gasteiger partial charge in [-0.05, 0) is 11.6 Å².